The maximum Gasteiger partial charge on any atom is 0.0381 e. The molecule has 2 aliphatic heterocycles. The molecule has 2 nitrogen and oxygen atoms in total. The third-order valence-electron chi connectivity index (χ3n) is 4.16. The van der Waals surface area contributed by atoms with E-state index in [0.29, 0.717) is 11.5 Å². The van der Waals surface area contributed by atoms with Crippen LogP contribution in [0.15, 0.2) is 24.3 Å². The van der Waals surface area contributed by atoms with Crippen LogP contribution in [0.4, 0.5) is 5.69 Å². The molecule has 3 rings (SSSR count). The molecule has 1 aromatic rings. The van der Waals surface area contributed by atoms with Crippen LogP contribution in [0.5, 0.6) is 0 Å². The van der Waals surface area contributed by atoms with Gasteiger partial charge in [0.15, 0.2) is 0 Å². The summed E-state index contributed by atoms with van der Waals surface area (Å²) in [6.07, 6.45) is 2.52. The summed E-state index contributed by atoms with van der Waals surface area (Å²) in [7, 11) is 0. The van der Waals surface area contributed by atoms with Crippen LogP contribution < -0.4 is 10.6 Å². The van der Waals surface area contributed by atoms with E-state index < -0.39 is 0 Å². The first-order valence-corrected chi connectivity index (χ1v) is 5.90. The molecule has 0 amide bonds. The molecule has 2 aliphatic rings. The van der Waals surface area contributed by atoms with Gasteiger partial charge in [-0.1, -0.05) is 18.2 Å². The van der Waals surface area contributed by atoms with Gasteiger partial charge in [-0.05, 0) is 44.5 Å². The molecule has 1 unspecified atom stereocenters. The van der Waals surface area contributed by atoms with E-state index in [1.54, 1.807) is 5.56 Å². The van der Waals surface area contributed by atoms with Gasteiger partial charge in [0.25, 0.3) is 0 Å². The van der Waals surface area contributed by atoms with Gasteiger partial charge in [-0.2, -0.15) is 0 Å². The summed E-state index contributed by atoms with van der Waals surface area (Å²) in [5, 5.41) is 7.09. The minimum atomic E-state index is 0.391. The van der Waals surface area contributed by atoms with Crippen LogP contribution in [0.3, 0.4) is 0 Å². The fourth-order valence-electron chi connectivity index (χ4n) is 3.22. The summed E-state index contributed by atoms with van der Waals surface area (Å²) >= 11 is 0. The smallest absolute Gasteiger partial charge is 0.0381 e. The third-order valence-corrected chi connectivity index (χ3v) is 4.16. The molecule has 2 N–H and O–H groups in total. The quantitative estimate of drug-likeness (QED) is 0.673. The molecular weight excluding hydrogens is 184 g/mol. The van der Waals surface area contributed by atoms with Crippen LogP contribution in [-0.2, 0) is 5.41 Å². The number of anilines is 1. The SMILES string of the molecule is CC1Nc2ccccc2C12CCNCC2. The first-order chi connectivity index (χ1) is 7.33. The molecule has 1 aromatic carbocycles. The molecule has 2 heterocycles. The van der Waals surface area contributed by atoms with Crippen LogP contribution in [0.25, 0.3) is 0 Å². The Morgan fingerprint density at radius 1 is 1.20 bits per heavy atom. The van der Waals surface area contributed by atoms with Crippen LogP contribution >= 0.6 is 0 Å². The van der Waals surface area contributed by atoms with Crippen molar-refractivity contribution in [1.82, 2.24) is 5.32 Å². The van der Waals surface area contributed by atoms with Gasteiger partial charge < -0.3 is 10.6 Å². The van der Waals surface area contributed by atoms with Gasteiger partial charge >= 0.3 is 0 Å². The van der Waals surface area contributed by atoms with E-state index >= 15 is 0 Å². The Kier molecular flexibility index (Phi) is 1.99. The van der Waals surface area contributed by atoms with Crippen LogP contribution in [0.1, 0.15) is 25.3 Å². The van der Waals surface area contributed by atoms with E-state index in [4.69, 9.17) is 0 Å². The van der Waals surface area contributed by atoms with Crippen molar-refractivity contribution < 1.29 is 0 Å². The zero-order chi connectivity index (χ0) is 10.3. The van der Waals surface area contributed by atoms with E-state index in [1.807, 2.05) is 0 Å². The molecule has 0 saturated carbocycles. The van der Waals surface area contributed by atoms with E-state index in [9.17, 15) is 0 Å². The Balaban J connectivity index is 2.07. The molecule has 1 saturated heterocycles. The summed E-state index contributed by atoms with van der Waals surface area (Å²) in [6, 6.07) is 9.39. The highest BCUT2D eigenvalue weighted by Crippen LogP contribution is 2.46. The number of para-hydroxylation sites is 1. The first kappa shape index (κ1) is 9.22. The van der Waals surface area contributed by atoms with E-state index in [-0.39, 0.29) is 0 Å². The molecule has 0 aromatic heterocycles. The molecule has 2 heteroatoms. The van der Waals surface area contributed by atoms with Crippen LogP contribution in [-0.4, -0.2) is 19.1 Å². The zero-order valence-electron chi connectivity index (χ0n) is 9.22. The average molecular weight is 202 g/mol. The lowest BCUT2D eigenvalue weighted by atomic mass is 9.70. The van der Waals surface area contributed by atoms with Crippen molar-refractivity contribution in [2.24, 2.45) is 0 Å². The van der Waals surface area contributed by atoms with Crippen molar-refractivity contribution in [3.63, 3.8) is 0 Å². The van der Waals surface area contributed by atoms with E-state index in [0.717, 1.165) is 13.1 Å². The summed E-state index contributed by atoms with van der Waals surface area (Å²) in [6.45, 7) is 4.63. The van der Waals surface area contributed by atoms with Crippen molar-refractivity contribution in [2.75, 3.05) is 18.4 Å². The van der Waals surface area contributed by atoms with Crippen LogP contribution in [0.2, 0.25) is 0 Å². The van der Waals surface area contributed by atoms with Crippen molar-refractivity contribution >= 4 is 5.69 Å². The van der Waals surface area contributed by atoms with Gasteiger partial charge in [0.2, 0.25) is 0 Å². The fourth-order valence-corrected chi connectivity index (χ4v) is 3.22. The first-order valence-electron chi connectivity index (χ1n) is 5.90. The number of benzene rings is 1. The second kappa shape index (κ2) is 3.24. The summed E-state index contributed by atoms with van der Waals surface area (Å²) in [5.74, 6) is 0. The lowest BCUT2D eigenvalue weighted by Crippen LogP contribution is -2.45. The maximum atomic E-state index is 3.63. The highest BCUT2D eigenvalue weighted by molar-refractivity contribution is 5.62. The second-order valence-corrected chi connectivity index (χ2v) is 4.82. The topological polar surface area (TPSA) is 24.1 Å². The van der Waals surface area contributed by atoms with Crippen molar-refractivity contribution in [1.29, 1.82) is 0 Å². The molecule has 80 valence electrons. The van der Waals surface area contributed by atoms with Gasteiger partial charge in [0, 0.05) is 17.1 Å². The summed E-state index contributed by atoms with van der Waals surface area (Å²) in [4.78, 5) is 0. The normalized spacial score (nSPS) is 27.4. The lowest BCUT2D eigenvalue weighted by Gasteiger charge is -2.38. The molecule has 1 fully saturated rings. The predicted molar refractivity (Wildman–Crippen MR) is 63.3 cm³/mol. The monoisotopic (exact) mass is 202 g/mol. The third kappa shape index (κ3) is 1.21. The zero-order valence-corrected chi connectivity index (χ0v) is 9.22. The van der Waals surface area contributed by atoms with Crippen molar-refractivity contribution in [3.05, 3.63) is 29.8 Å². The summed E-state index contributed by atoms with van der Waals surface area (Å²) < 4.78 is 0. The Morgan fingerprint density at radius 3 is 2.73 bits per heavy atom. The minimum Gasteiger partial charge on any atom is -0.381 e. The van der Waals surface area contributed by atoms with E-state index in [2.05, 4.69) is 41.8 Å². The summed E-state index contributed by atoms with van der Waals surface area (Å²) in [5.41, 5.74) is 3.29. The highest BCUT2D eigenvalue weighted by Gasteiger charge is 2.44. The minimum absolute atomic E-state index is 0.391. The molecule has 15 heavy (non-hydrogen) atoms. The van der Waals surface area contributed by atoms with Gasteiger partial charge in [-0.25, -0.2) is 0 Å². The van der Waals surface area contributed by atoms with Gasteiger partial charge in [-0.3, -0.25) is 0 Å². The Hall–Kier alpha value is -1.02. The molecule has 1 atom stereocenters. The average Bonchev–Trinajstić information content (AvgIpc) is 2.55. The fraction of sp³-hybridized carbons (Fsp3) is 0.538. The molecule has 0 aliphatic carbocycles. The molecule has 1 spiro atoms. The number of piperidine rings is 1. The Labute approximate surface area is 91.1 Å². The standard InChI is InChI=1S/C13H18N2/c1-10-13(6-8-14-9-7-13)11-4-2-3-5-12(11)15-10/h2-5,10,14-15H,6-9H2,1H3. The number of fused-ring (bicyclic) bond motifs is 2. The van der Waals surface area contributed by atoms with Crippen LogP contribution in [0, 0.1) is 0 Å². The van der Waals surface area contributed by atoms with E-state index in [1.165, 1.54) is 18.5 Å². The number of rotatable bonds is 0. The molecule has 0 radical (unpaired) electrons. The maximum absolute atomic E-state index is 3.63. The predicted octanol–water partition coefficient (Wildman–Crippen LogP) is 2.12. The van der Waals surface area contributed by atoms with Crippen molar-refractivity contribution in [2.45, 2.75) is 31.2 Å². The Bertz CT molecular complexity index is 367. The highest BCUT2D eigenvalue weighted by atomic mass is 15.0. The van der Waals surface area contributed by atoms with Crippen molar-refractivity contribution in [3.8, 4) is 0 Å². The number of hydrogen-bond donors (Lipinski definition) is 2. The largest absolute Gasteiger partial charge is 0.381 e. The van der Waals surface area contributed by atoms with Gasteiger partial charge in [-0.15, -0.1) is 0 Å². The Morgan fingerprint density at radius 2 is 1.93 bits per heavy atom. The van der Waals surface area contributed by atoms with Gasteiger partial charge in [0.05, 0.1) is 0 Å². The molecule has 0 bridgehead atoms. The molecular formula is C13H18N2. The number of hydrogen-bond acceptors (Lipinski definition) is 2. The number of nitrogens with one attached hydrogen (secondary N) is 2. The second-order valence-electron chi connectivity index (χ2n) is 4.82. The van der Waals surface area contributed by atoms with Gasteiger partial charge in [0.1, 0.15) is 0 Å². The lowest BCUT2D eigenvalue weighted by molar-refractivity contribution is 0.291.